The third kappa shape index (κ3) is 7.15. The summed E-state index contributed by atoms with van der Waals surface area (Å²) in [5.74, 6) is -3.00. The highest BCUT2D eigenvalue weighted by Crippen LogP contribution is 2.45. The molecule has 1 atom stereocenters. The summed E-state index contributed by atoms with van der Waals surface area (Å²) in [5, 5.41) is 0. The molecule has 0 spiro atoms. The van der Waals surface area contributed by atoms with E-state index in [0.717, 1.165) is 37.7 Å². The molecule has 0 bridgehead atoms. The minimum Gasteiger partial charge on any atom is -0.406 e. The van der Waals surface area contributed by atoms with E-state index in [1.54, 1.807) is 12.1 Å². The van der Waals surface area contributed by atoms with Gasteiger partial charge in [0.1, 0.15) is 11.6 Å². The molecule has 0 amide bonds. The Hall–Kier alpha value is -2.96. The molecule has 42 heavy (non-hydrogen) atoms. The van der Waals surface area contributed by atoms with E-state index in [1.807, 2.05) is 0 Å². The first kappa shape index (κ1) is 30.5. The Morgan fingerprint density at radius 2 is 1.33 bits per heavy atom. The van der Waals surface area contributed by atoms with Crippen LogP contribution in [0.3, 0.4) is 0 Å². The van der Waals surface area contributed by atoms with E-state index in [0.29, 0.717) is 44.1 Å². The number of rotatable bonds is 9. The average Bonchev–Trinajstić information content (AvgIpc) is 2.98. The zero-order valence-electron chi connectivity index (χ0n) is 24.0. The quantitative estimate of drug-likeness (QED) is 0.179. The minimum atomic E-state index is -4.75. The normalized spacial score (nSPS) is 20.8. The Bertz CT molecular complexity index is 1340. The summed E-state index contributed by atoms with van der Waals surface area (Å²) >= 11 is 0. The first-order valence-corrected chi connectivity index (χ1v) is 15.2. The van der Waals surface area contributed by atoms with Crippen LogP contribution in [0, 0.1) is 23.4 Å². The van der Waals surface area contributed by atoms with Gasteiger partial charge in [-0.25, -0.2) is 13.2 Å². The lowest BCUT2D eigenvalue weighted by molar-refractivity contribution is -0.274. The van der Waals surface area contributed by atoms with Gasteiger partial charge in [0.2, 0.25) is 0 Å². The van der Waals surface area contributed by atoms with Gasteiger partial charge in [-0.2, -0.15) is 0 Å². The fourth-order valence-electron chi connectivity index (χ4n) is 6.87. The number of ether oxygens (including phenoxy) is 1. The molecule has 3 aromatic carbocycles. The number of halogens is 6. The van der Waals surface area contributed by atoms with Crippen molar-refractivity contribution < 1.29 is 31.1 Å². The summed E-state index contributed by atoms with van der Waals surface area (Å²) in [6, 6.07) is 14.4. The summed E-state index contributed by atoms with van der Waals surface area (Å²) in [7, 11) is 0. The predicted octanol–water partition coefficient (Wildman–Crippen LogP) is 10.5. The van der Waals surface area contributed by atoms with E-state index in [4.69, 9.17) is 0 Å². The maximum atomic E-state index is 15.8. The lowest BCUT2D eigenvalue weighted by atomic mass is 9.74. The molecule has 1 fully saturated rings. The van der Waals surface area contributed by atoms with E-state index in [2.05, 4.69) is 35.9 Å². The fraction of sp³-hybridized carbons (Fsp3) is 0.486. The molecule has 2 aliphatic carbocycles. The lowest BCUT2D eigenvalue weighted by Crippen LogP contribution is -2.22. The van der Waals surface area contributed by atoms with E-state index in [-0.39, 0.29) is 28.7 Å². The van der Waals surface area contributed by atoms with Crippen LogP contribution < -0.4 is 4.74 Å². The largest absolute Gasteiger partial charge is 0.573 e. The SMILES string of the molecule is CCCCc1ccc(CCC2CCc3c(F)c(C4CCC(c5ccc(OC(F)(F)F)cc5)CC4)c(F)c(F)c3C2)cc1. The van der Waals surface area contributed by atoms with Crippen LogP contribution in [0.4, 0.5) is 26.3 Å². The van der Waals surface area contributed by atoms with Crippen molar-refractivity contribution in [3.8, 4) is 5.75 Å². The van der Waals surface area contributed by atoms with Crippen molar-refractivity contribution in [1.82, 2.24) is 0 Å². The fourth-order valence-corrected chi connectivity index (χ4v) is 6.87. The highest BCUT2D eigenvalue weighted by molar-refractivity contribution is 5.41. The Morgan fingerprint density at radius 3 is 1.95 bits per heavy atom. The molecule has 0 saturated heterocycles. The first-order chi connectivity index (χ1) is 20.1. The Morgan fingerprint density at radius 1 is 0.714 bits per heavy atom. The van der Waals surface area contributed by atoms with Crippen molar-refractivity contribution in [2.75, 3.05) is 0 Å². The molecular weight excluding hydrogens is 550 g/mol. The van der Waals surface area contributed by atoms with Crippen LogP contribution >= 0.6 is 0 Å². The van der Waals surface area contributed by atoms with E-state index >= 15 is 13.2 Å². The van der Waals surface area contributed by atoms with Crippen LogP contribution in [0.15, 0.2) is 48.5 Å². The first-order valence-electron chi connectivity index (χ1n) is 15.2. The second-order valence-electron chi connectivity index (χ2n) is 12.0. The van der Waals surface area contributed by atoms with E-state index in [9.17, 15) is 13.2 Å². The van der Waals surface area contributed by atoms with Gasteiger partial charge < -0.3 is 4.74 Å². The molecule has 226 valence electrons. The molecular formula is C35H38F6O. The number of hydrogen-bond acceptors (Lipinski definition) is 1. The number of benzene rings is 3. The molecule has 0 aliphatic heterocycles. The molecule has 7 heteroatoms. The summed E-state index contributed by atoms with van der Waals surface area (Å²) in [4.78, 5) is 0. The number of alkyl halides is 3. The van der Waals surface area contributed by atoms with Crippen LogP contribution in [0.2, 0.25) is 0 Å². The lowest BCUT2D eigenvalue weighted by Gasteiger charge is -2.32. The third-order valence-electron chi connectivity index (χ3n) is 9.26. The van der Waals surface area contributed by atoms with Crippen LogP contribution in [0.5, 0.6) is 5.75 Å². The highest BCUT2D eigenvalue weighted by atomic mass is 19.4. The van der Waals surface area contributed by atoms with Crippen LogP contribution in [-0.2, 0) is 25.7 Å². The Balaban J connectivity index is 1.21. The van der Waals surface area contributed by atoms with Gasteiger partial charge >= 0.3 is 6.36 Å². The summed E-state index contributed by atoms with van der Waals surface area (Å²) in [5.41, 5.74) is 3.84. The molecule has 0 heterocycles. The van der Waals surface area contributed by atoms with E-state index in [1.165, 1.54) is 29.7 Å². The monoisotopic (exact) mass is 588 g/mol. The zero-order chi connectivity index (χ0) is 29.9. The average molecular weight is 589 g/mol. The van der Waals surface area contributed by atoms with Gasteiger partial charge in [-0.1, -0.05) is 49.7 Å². The van der Waals surface area contributed by atoms with Gasteiger partial charge in [0.25, 0.3) is 0 Å². The van der Waals surface area contributed by atoms with Gasteiger partial charge in [0.05, 0.1) is 0 Å². The van der Waals surface area contributed by atoms with Gasteiger partial charge in [-0.05, 0) is 128 Å². The molecule has 5 rings (SSSR count). The molecule has 0 N–H and O–H groups in total. The molecule has 1 nitrogen and oxygen atoms in total. The van der Waals surface area contributed by atoms with Gasteiger partial charge in [-0.15, -0.1) is 13.2 Å². The van der Waals surface area contributed by atoms with Crippen molar-refractivity contribution in [2.45, 2.75) is 102 Å². The van der Waals surface area contributed by atoms with Crippen molar-refractivity contribution in [3.05, 3.63) is 99.4 Å². The maximum Gasteiger partial charge on any atom is 0.573 e. The van der Waals surface area contributed by atoms with E-state index < -0.39 is 29.7 Å². The summed E-state index contributed by atoms with van der Waals surface area (Å²) in [6.45, 7) is 2.18. The number of fused-ring (bicyclic) bond motifs is 1. The second kappa shape index (κ2) is 13.1. The number of unbranched alkanes of at least 4 members (excludes halogenated alkanes) is 1. The van der Waals surface area contributed by atoms with Crippen molar-refractivity contribution >= 4 is 0 Å². The number of aryl methyl sites for hydroxylation is 2. The van der Waals surface area contributed by atoms with Gasteiger partial charge in [0.15, 0.2) is 11.6 Å². The van der Waals surface area contributed by atoms with Crippen molar-refractivity contribution in [2.24, 2.45) is 5.92 Å². The topological polar surface area (TPSA) is 9.23 Å². The second-order valence-corrected chi connectivity index (χ2v) is 12.0. The van der Waals surface area contributed by atoms with Crippen molar-refractivity contribution in [1.29, 1.82) is 0 Å². The smallest absolute Gasteiger partial charge is 0.406 e. The standard InChI is InChI=1S/C35H38F6O/c1-2-3-4-22-5-7-23(8-6-22)9-10-24-11-20-29-30(21-24)33(37)34(38)31(32(29)36)27-14-12-25(13-15-27)26-16-18-28(19-17-26)42-35(39,40)41/h5-8,16-19,24-25,27H,2-4,9-15,20-21H2,1H3. The Kier molecular flexibility index (Phi) is 9.54. The molecule has 1 saturated carbocycles. The molecule has 0 radical (unpaired) electrons. The number of hydrogen-bond donors (Lipinski definition) is 0. The summed E-state index contributed by atoms with van der Waals surface area (Å²) < 4.78 is 87.9. The van der Waals surface area contributed by atoms with Gasteiger partial charge in [0, 0.05) is 5.56 Å². The van der Waals surface area contributed by atoms with Crippen LogP contribution in [-0.4, -0.2) is 6.36 Å². The Labute approximate surface area is 244 Å². The third-order valence-corrected chi connectivity index (χ3v) is 9.26. The minimum absolute atomic E-state index is 0.0584. The summed E-state index contributed by atoms with van der Waals surface area (Å²) in [6.07, 6.45) is 4.09. The van der Waals surface area contributed by atoms with Crippen LogP contribution in [0.25, 0.3) is 0 Å². The zero-order valence-corrected chi connectivity index (χ0v) is 24.0. The molecule has 2 aliphatic rings. The van der Waals surface area contributed by atoms with Gasteiger partial charge in [-0.3, -0.25) is 0 Å². The maximum absolute atomic E-state index is 15.8. The molecule has 1 unspecified atom stereocenters. The van der Waals surface area contributed by atoms with Crippen molar-refractivity contribution in [3.63, 3.8) is 0 Å². The highest BCUT2D eigenvalue weighted by Gasteiger charge is 2.35. The molecule has 3 aromatic rings. The molecule has 0 aromatic heterocycles. The predicted molar refractivity (Wildman–Crippen MR) is 152 cm³/mol. The van der Waals surface area contributed by atoms with Crippen LogP contribution in [0.1, 0.15) is 104 Å².